The number of nitrogens with zero attached hydrogens (tertiary/aromatic N) is 3. The van der Waals surface area contributed by atoms with E-state index < -0.39 is 10.0 Å². The molecule has 2 aromatic carbocycles. The summed E-state index contributed by atoms with van der Waals surface area (Å²) in [5, 5.41) is 0. The van der Waals surface area contributed by atoms with Crippen LogP contribution in [0.2, 0.25) is 0 Å². The van der Waals surface area contributed by atoms with Gasteiger partial charge in [-0.15, -0.1) is 0 Å². The predicted octanol–water partition coefficient (Wildman–Crippen LogP) is 4.07. The number of benzene rings is 2. The summed E-state index contributed by atoms with van der Waals surface area (Å²) in [5.41, 5.74) is 0.983. The lowest BCUT2D eigenvalue weighted by atomic mass is 10.2. The second-order valence-corrected chi connectivity index (χ2v) is 10.5. The van der Waals surface area contributed by atoms with Crippen molar-refractivity contribution in [1.29, 1.82) is 0 Å². The number of methoxy groups -OCH3 is 1. The summed E-state index contributed by atoms with van der Waals surface area (Å²) in [6.45, 7) is 3.49. The molecule has 12 heteroatoms. The summed E-state index contributed by atoms with van der Waals surface area (Å²) in [6.07, 6.45) is 4.25. The average Bonchev–Trinajstić information content (AvgIpc) is 3.13. The number of rotatable bonds is 13. The summed E-state index contributed by atoms with van der Waals surface area (Å²) in [5.74, 6) is 1.63. The summed E-state index contributed by atoms with van der Waals surface area (Å²) < 4.78 is 54.9. The van der Waals surface area contributed by atoms with Crippen molar-refractivity contribution in [3.05, 3.63) is 65.3 Å². The lowest BCUT2D eigenvalue weighted by Crippen LogP contribution is -2.19. The SMILES string of the molecule is CCCOc1cc(OCCCOC)cc(Oc2cc3c(cc2NS(=O)(=O)c2cccnc2)n(C)c(=O)n3C)c1. The van der Waals surface area contributed by atoms with Crippen LogP contribution in [-0.2, 0) is 28.9 Å². The molecule has 208 valence electrons. The van der Waals surface area contributed by atoms with Crippen LogP contribution in [-0.4, -0.2) is 49.5 Å². The normalized spacial score (nSPS) is 11.5. The van der Waals surface area contributed by atoms with Gasteiger partial charge in [0.25, 0.3) is 10.0 Å². The van der Waals surface area contributed by atoms with E-state index in [0.717, 1.165) is 6.42 Å². The maximum absolute atomic E-state index is 13.2. The molecular formula is C27H32N4O7S. The third-order valence-electron chi connectivity index (χ3n) is 5.88. The highest BCUT2D eigenvalue weighted by Gasteiger charge is 2.21. The molecule has 11 nitrogen and oxygen atoms in total. The van der Waals surface area contributed by atoms with Crippen LogP contribution in [0.3, 0.4) is 0 Å². The fourth-order valence-electron chi connectivity index (χ4n) is 3.91. The molecule has 1 N–H and O–H groups in total. The van der Waals surface area contributed by atoms with E-state index in [4.69, 9.17) is 18.9 Å². The Morgan fingerprint density at radius 2 is 1.59 bits per heavy atom. The Kier molecular flexibility index (Phi) is 8.77. The molecule has 0 aliphatic rings. The third-order valence-corrected chi connectivity index (χ3v) is 7.23. The number of aromatic nitrogens is 3. The molecular weight excluding hydrogens is 524 g/mol. The molecule has 0 saturated heterocycles. The zero-order chi connectivity index (χ0) is 28.0. The highest BCUT2D eigenvalue weighted by molar-refractivity contribution is 7.92. The van der Waals surface area contributed by atoms with Crippen molar-refractivity contribution in [2.75, 3.05) is 31.7 Å². The Morgan fingerprint density at radius 1 is 0.923 bits per heavy atom. The maximum atomic E-state index is 13.2. The first kappa shape index (κ1) is 28.0. The van der Waals surface area contributed by atoms with Crippen LogP contribution in [0, 0.1) is 0 Å². The first-order valence-electron chi connectivity index (χ1n) is 12.4. The van der Waals surface area contributed by atoms with E-state index in [9.17, 15) is 13.2 Å². The minimum absolute atomic E-state index is 0.0142. The summed E-state index contributed by atoms with van der Waals surface area (Å²) >= 11 is 0. The number of nitrogens with one attached hydrogen (secondary N) is 1. The van der Waals surface area contributed by atoms with Gasteiger partial charge in [0.1, 0.15) is 22.1 Å². The second kappa shape index (κ2) is 12.2. The zero-order valence-corrected chi connectivity index (χ0v) is 23.2. The van der Waals surface area contributed by atoms with E-state index in [0.29, 0.717) is 54.5 Å². The highest BCUT2D eigenvalue weighted by Crippen LogP contribution is 2.37. The van der Waals surface area contributed by atoms with Gasteiger partial charge in [0.05, 0.1) is 29.9 Å². The number of aryl methyl sites for hydroxylation is 2. The molecule has 0 atom stereocenters. The van der Waals surface area contributed by atoms with E-state index in [1.54, 1.807) is 51.5 Å². The number of hydrogen-bond donors (Lipinski definition) is 1. The number of sulfonamides is 1. The summed E-state index contributed by atoms with van der Waals surface area (Å²) in [7, 11) is 0.878. The lowest BCUT2D eigenvalue weighted by molar-refractivity contribution is 0.172. The Hall–Kier alpha value is -4.03. The molecule has 0 saturated carbocycles. The van der Waals surface area contributed by atoms with E-state index in [2.05, 4.69) is 9.71 Å². The van der Waals surface area contributed by atoms with E-state index in [-0.39, 0.29) is 22.0 Å². The molecule has 2 heterocycles. The fourth-order valence-corrected chi connectivity index (χ4v) is 4.94. The standard InChI is InChI=1S/C27H32N4O7S/c1-5-10-36-19-13-20(37-12-7-11-35-4)15-21(14-19)38-26-17-25-24(30(2)27(32)31(25)3)16-23(26)29-39(33,34)22-8-6-9-28-18-22/h6,8-9,13-18,29H,5,7,10-12H2,1-4H3. The molecule has 0 unspecified atom stereocenters. The second-order valence-electron chi connectivity index (χ2n) is 8.82. The van der Waals surface area contributed by atoms with Crippen molar-refractivity contribution >= 4 is 26.7 Å². The largest absolute Gasteiger partial charge is 0.493 e. The highest BCUT2D eigenvalue weighted by atomic mass is 32.2. The lowest BCUT2D eigenvalue weighted by Gasteiger charge is -2.16. The molecule has 0 amide bonds. The molecule has 4 aromatic rings. The Morgan fingerprint density at radius 3 is 2.23 bits per heavy atom. The van der Waals surface area contributed by atoms with Gasteiger partial charge in [-0.3, -0.25) is 18.8 Å². The molecule has 0 aliphatic carbocycles. The van der Waals surface area contributed by atoms with E-state index >= 15 is 0 Å². The van der Waals surface area contributed by atoms with Crippen molar-refractivity contribution in [3.63, 3.8) is 0 Å². The Balaban J connectivity index is 1.77. The minimum atomic E-state index is -4.01. The van der Waals surface area contributed by atoms with Crippen LogP contribution in [0.4, 0.5) is 5.69 Å². The fraction of sp³-hybridized carbons (Fsp3) is 0.333. The molecule has 0 radical (unpaired) electrons. The van der Waals surface area contributed by atoms with Crippen molar-refractivity contribution < 1.29 is 27.4 Å². The van der Waals surface area contributed by atoms with Crippen LogP contribution >= 0.6 is 0 Å². The van der Waals surface area contributed by atoms with Gasteiger partial charge in [0.15, 0.2) is 5.75 Å². The molecule has 2 aromatic heterocycles. The van der Waals surface area contributed by atoms with Crippen molar-refractivity contribution in [3.8, 4) is 23.0 Å². The molecule has 0 aliphatic heterocycles. The summed E-state index contributed by atoms with van der Waals surface area (Å²) in [4.78, 5) is 16.5. The zero-order valence-electron chi connectivity index (χ0n) is 22.3. The van der Waals surface area contributed by atoms with Crippen molar-refractivity contribution in [2.24, 2.45) is 14.1 Å². The first-order valence-corrected chi connectivity index (χ1v) is 13.9. The van der Waals surface area contributed by atoms with Gasteiger partial charge in [-0.2, -0.15) is 0 Å². The van der Waals surface area contributed by atoms with Gasteiger partial charge in [0, 0.05) is 70.9 Å². The molecule has 0 fully saturated rings. The van der Waals surface area contributed by atoms with Crippen molar-refractivity contribution in [2.45, 2.75) is 24.7 Å². The van der Waals surface area contributed by atoms with Crippen LogP contribution < -0.4 is 24.6 Å². The molecule has 4 rings (SSSR count). The number of fused-ring (bicyclic) bond motifs is 1. The quantitative estimate of drug-likeness (QED) is 0.245. The van der Waals surface area contributed by atoms with Gasteiger partial charge in [-0.05, 0) is 24.6 Å². The Labute approximate surface area is 227 Å². The van der Waals surface area contributed by atoms with Crippen molar-refractivity contribution in [1.82, 2.24) is 14.1 Å². The molecule has 0 bridgehead atoms. The number of pyridine rings is 1. The van der Waals surface area contributed by atoms with Gasteiger partial charge in [0.2, 0.25) is 0 Å². The Bertz CT molecular complexity index is 1600. The number of anilines is 1. The number of ether oxygens (including phenoxy) is 4. The van der Waals surface area contributed by atoms with Crippen LogP contribution in [0.1, 0.15) is 19.8 Å². The third kappa shape index (κ3) is 6.52. The van der Waals surface area contributed by atoms with Crippen LogP contribution in [0.15, 0.2) is 64.5 Å². The molecule has 39 heavy (non-hydrogen) atoms. The average molecular weight is 557 g/mol. The number of hydrogen-bond acceptors (Lipinski definition) is 8. The van der Waals surface area contributed by atoms with Gasteiger partial charge >= 0.3 is 5.69 Å². The van der Waals surface area contributed by atoms with Gasteiger partial charge in [-0.1, -0.05) is 6.92 Å². The minimum Gasteiger partial charge on any atom is -0.493 e. The van der Waals surface area contributed by atoms with E-state index in [1.807, 2.05) is 6.92 Å². The van der Waals surface area contributed by atoms with E-state index in [1.165, 1.54) is 33.7 Å². The smallest absolute Gasteiger partial charge is 0.328 e. The summed E-state index contributed by atoms with van der Waals surface area (Å²) in [6, 6.07) is 11.3. The maximum Gasteiger partial charge on any atom is 0.328 e. The predicted molar refractivity (Wildman–Crippen MR) is 147 cm³/mol. The van der Waals surface area contributed by atoms with Crippen LogP contribution in [0.5, 0.6) is 23.0 Å². The van der Waals surface area contributed by atoms with Gasteiger partial charge in [-0.25, -0.2) is 13.2 Å². The van der Waals surface area contributed by atoms with Gasteiger partial charge < -0.3 is 18.9 Å². The first-order chi connectivity index (χ1) is 18.7. The molecule has 0 spiro atoms. The monoisotopic (exact) mass is 556 g/mol. The topological polar surface area (TPSA) is 123 Å². The van der Waals surface area contributed by atoms with Crippen LogP contribution in [0.25, 0.3) is 11.0 Å². The number of imidazole rings is 1.